The van der Waals surface area contributed by atoms with E-state index in [4.69, 9.17) is 11.6 Å². The van der Waals surface area contributed by atoms with Gasteiger partial charge in [-0.2, -0.15) is 0 Å². The fourth-order valence-corrected chi connectivity index (χ4v) is 2.60. The molecule has 0 saturated carbocycles. The summed E-state index contributed by atoms with van der Waals surface area (Å²) >= 11 is 7.01. The van der Waals surface area contributed by atoms with E-state index in [-0.39, 0.29) is 11.9 Å². The first-order chi connectivity index (χ1) is 8.13. The van der Waals surface area contributed by atoms with Gasteiger partial charge in [-0.1, -0.05) is 22.2 Å². The van der Waals surface area contributed by atoms with Crippen LogP contribution in [0.5, 0.6) is 0 Å². The summed E-state index contributed by atoms with van der Waals surface area (Å²) in [6, 6.07) is 4.42. The van der Waals surface area contributed by atoms with Gasteiger partial charge in [0.2, 0.25) is 0 Å². The maximum atomic E-state index is 13.9. The molecule has 0 saturated heterocycles. The minimum atomic E-state index is -0.329. The van der Waals surface area contributed by atoms with E-state index in [9.17, 15) is 4.39 Å². The molecule has 0 aliphatic rings. The monoisotopic (exact) mass is 271 g/mol. The Bertz CT molecular complexity index is 529. The maximum absolute atomic E-state index is 13.9. The van der Waals surface area contributed by atoms with Crippen LogP contribution < -0.4 is 5.32 Å². The van der Waals surface area contributed by atoms with Gasteiger partial charge in [0.05, 0.1) is 16.6 Å². The van der Waals surface area contributed by atoms with E-state index in [1.54, 1.807) is 19.2 Å². The van der Waals surface area contributed by atoms with Crippen LogP contribution >= 0.6 is 23.1 Å². The molecule has 1 unspecified atom stereocenters. The SMILES string of the molecule is CNC(c1ccc(Cl)cc1F)c1snnc1C. The first-order valence-corrected chi connectivity index (χ1v) is 6.19. The van der Waals surface area contributed by atoms with Crippen LogP contribution in [-0.4, -0.2) is 16.6 Å². The molecule has 1 atom stereocenters. The van der Waals surface area contributed by atoms with Crippen molar-refractivity contribution < 1.29 is 4.39 Å². The fraction of sp³-hybridized carbons (Fsp3) is 0.273. The molecule has 90 valence electrons. The first kappa shape index (κ1) is 12.4. The van der Waals surface area contributed by atoms with Gasteiger partial charge >= 0.3 is 0 Å². The van der Waals surface area contributed by atoms with Gasteiger partial charge in [-0.3, -0.25) is 0 Å². The Morgan fingerprint density at radius 3 is 2.76 bits per heavy atom. The number of aryl methyl sites for hydroxylation is 1. The summed E-state index contributed by atoms with van der Waals surface area (Å²) in [5.74, 6) is -0.329. The van der Waals surface area contributed by atoms with Crippen molar-refractivity contribution in [3.05, 3.63) is 45.2 Å². The molecule has 1 aromatic heterocycles. The number of nitrogens with one attached hydrogen (secondary N) is 1. The van der Waals surface area contributed by atoms with Crippen LogP contribution in [0.2, 0.25) is 5.02 Å². The third-order valence-corrected chi connectivity index (χ3v) is 3.64. The largest absolute Gasteiger partial charge is 0.308 e. The second-order valence-electron chi connectivity index (χ2n) is 3.61. The average molecular weight is 272 g/mol. The fourth-order valence-electron chi connectivity index (χ4n) is 1.67. The molecule has 2 rings (SSSR count). The van der Waals surface area contributed by atoms with Crippen molar-refractivity contribution in [1.29, 1.82) is 0 Å². The summed E-state index contributed by atoms with van der Waals surface area (Å²) in [7, 11) is 1.78. The molecule has 0 aliphatic heterocycles. The van der Waals surface area contributed by atoms with Crippen LogP contribution in [0, 0.1) is 12.7 Å². The molecule has 0 spiro atoms. The van der Waals surface area contributed by atoms with Crippen LogP contribution in [0.25, 0.3) is 0 Å². The lowest BCUT2D eigenvalue weighted by Gasteiger charge is -2.15. The zero-order valence-electron chi connectivity index (χ0n) is 9.37. The zero-order valence-corrected chi connectivity index (χ0v) is 10.9. The summed E-state index contributed by atoms with van der Waals surface area (Å²) < 4.78 is 17.7. The average Bonchev–Trinajstić information content (AvgIpc) is 2.69. The Hall–Kier alpha value is -1.04. The highest BCUT2D eigenvalue weighted by Crippen LogP contribution is 2.29. The van der Waals surface area contributed by atoms with Gasteiger partial charge in [-0.05, 0) is 37.6 Å². The second-order valence-corrected chi connectivity index (χ2v) is 4.83. The van der Waals surface area contributed by atoms with Crippen molar-refractivity contribution in [3.8, 4) is 0 Å². The van der Waals surface area contributed by atoms with Crippen molar-refractivity contribution in [1.82, 2.24) is 14.9 Å². The molecular weight excluding hydrogens is 261 g/mol. The van der Waals surface area contributed by atoms with Gasteiger partial charge in [0.15, 0.2) is 0 Å². The van der Waals surface area contributed by atoms with E-state index in [1.165, 1.54) is 17.6 Å². The first-order valence-electron chi connectivity index (χ1n) is 5.04. The minimum Gasteiger partial charge on any atom is -0.308 e. The van der Waals surface area contributed by atoms with Crippen molar-refractivity contribution in [3.63, 3.8) is 0 Å². The Kier molecular flexibility index (Phi) is 3.71. The van der Waals surface area contributed by atoms with Crippen LogP contribution in [0.4, 0.5) is 4.39 Å². The van der Waals surface area contributed by atoms with Gasteiger partial charge in [-0.25, -0.2) is 4.39 Å². The Balaban J connectivity index is 2.46. The molecule has 1 N–H and O–H groups in total. The molecule has 1 heterocycles. The highest BCUT2D eigenvalue weighted by atomic mass is 35.5. The van der Waals surface area contributed by atoms with Gasteiger partial charge in [0.25, 0.3) is 0 Å². The van der Waals surface area contributed by atoms with Gasteiger partial charge < -0.3 is 5.32 Å². The molecule has 2 aromatic rings. The lowest BCUT2D eigenvalue weighted by atomic mass is 10.0. The van der Waals surface area contributed by atoms with E-state index in [0.717, 1.165) is 10.6 Å². The second kappa shape index (κ2) is 5.08. The molecule has 0 bridgehead atoms. The molecule has 0 fully saturated rings. The third kappa shape index (κ3) is 2.46. The summed E-state index contributed by atoms with van der Waals surface area (Å²) in [4.78, 5) is 0.911. The normalized spacial score (nSPS) is 12.7. The van der Waals surface area contributed by atoms with Crippen molar-refractivity contribution >= 4 is 23.1 Å². The van der Waals surface area contributed by atoms with E-state index < -0.39 is 0 Å². The lowest BCUT2D eigenvalue weighted by molar-refractivity contribution is 0.578. The van der Waals surface area contributed by atoms with E-state index >= 15 is 0 Å². The maximum Gasteiger partial charge on any atom is 0.129 e. The van der Waals surface area contributed by atoms with Crippen LogP contribution in [0.1, 0.15) is 22.2 Å². The van der Waals surface area contributed by atoms with E-state index in [1.807, 2.05) is 6.92 Å². The van der Waals surface area contributed by atoms with Crippen LogP contribution in [-0.2, 0) is 0 Å². The lowest BCUT2D eigenvalue weighted by Crippen LogP contribution is -2.18. The van der Waals surface area contributed by atoms with Gasteiger partial charge in [0.1, 0.15) is 5.82 Å². The predicted octanol–water partition coefficient (Wildman–Crippen LogP) is 2.95. The van der Waals surface area contributed by atoms with Crippen molar-refractivity contribution in [2.75, 3.05) is 7.05 Å². The molecule has 3 nitrogen and oxygen atoms in total. The number of halogens is 2. The van der Waals surface area contributed by atoms with Crippen LogP contribution in [0.15, 0.2) is 18.2 Å². The Morgan fingerprint density at radius 1 is 1.47 bits per heavy atom. The highest BCUT2D eigenvalue weighted by molar-refractivity contribution is 7.05. The number of hydrogen-bond donors (Lipinski definition) is 1. The van der Waals surface area contributed by atoms with Crippen molar-refractivity contribution in [2.24, 2.45) is 0 Å². The van der Waals surface area contributed by atoms with Crippen LogP contribution in [0.3, 0.4) is 0 Å². The molecule has 17 heavy (non-hydrogen) atoms. The number of aromatic nitrogens is 2. The molecule has 0 amide bonds. The van der Waals surface area contributed by atoms with E-state index in [2.05, 4.69) is 14.9 Å². The Morgan fingerprint density at radius 2 is 2.24 bits per heavy atom. The topological polar surface area (TPSA) is 37.8 Å². The summed E-state index contributed by atoms with van der Waals surface area (Å²) in [5, 5.41) is 7.40. The molecule has 0 aliphatic carbocycles. The number of benzene rings is 1. The zero-order chi connectivity index (χ0) is 12.4. The molecular formula is C11H11ClFN3S. The standard InChI is InChI=1S/C11H11ClFN3S/c1-6-11(17-16-15-6)10(14-2)8-4-3-7(12)5-9(8)13/h3-5,10,14H,1-2H3. The molecule has 1 aromatic carbocycles. The smallest absolute Gasteiger partial charge is 0.129 e. The minimum absolute atomic E-state index is 0.243. The van der Waals surface area contributed by atoms with Crippen molar-refractivity contribution in [2.45, 2.75) is 13.0 Å². The Labute approximate surface area is 108 Å². The van der Waals surface area contributed by atoms with Gasteiger partial charge in [0, 0.05) is 10.6 Å². The summed E-state index contributed by atoms with van der Waals surface area (Å²) in [5.41, 5.74) is 1.36. The predicted molar refractivity (Wildman–Crippen MR) is 67.0 cm³/mol. The quantitative estimate of drug-likeness (QED) is 0.933. The number of nitrogens with zero attached hydrogens (tertiary/aromatic N) is 2. The molecule has 0 radical (unpaired) electrons. The summed E-state index contributed by atoms with van der Waals surface area (Å²) in [6.07, 6.45) is 0. The number of hydrogen-bond acceptors (Lipinski definition) is 4. The molecule has 6 heteroatoms. The highest BCUT2D eigenvalue weighted by Gasteiger charge is 2.20. The summed E-state index contributed by atoms with van der Waals surface area (Å²) in [6.45, 7) is 1.86. The van der Waals surface area contributed by atoms with E-state index in [0.29, 0.717) is 10.6 Å². The third-order valence-electron chi connectivity index (χ3n) is 2.51. The van der Waals surface area contributed by atoms with Gasteiger partial charge in [-0.15, -0.1) is 5.10 Å². The number of rotatable bonds is 3.